The van der Waals surface area contributed by atoms with Gasteiger partial charge in [0.1, 0.15) is 11.9 Å². The van der Waals surface area contributed by atoms with Crippen LogP contribution in [-0.2, 0) is 4.79 Å². The molecule has 0 aliphatic heterocycles. The molecule has 2 rings (SSSR count). The van der Waals surface area contributed by atoms with Crippen molar-refractivity contribution in [3.63, 3.8) is 0 Å². The highest BCUT2D eigenvalue weighted by molar-refractivity contribution is 5.84. The first-order valence-corrected chi connectivity index (χ1v) is 6.19. The molecule has 6 heteroatoms. The zero-order valence-electron chi connectivity index (χ0n) is 11.3. The highest BCUT2D eigenvalue weighted by Gasteiger charge is 2.19. The second-order valence-electron chi connectivity index (χ2n) is 4.42. The number of amides is 1. The van der Waals surface area contributed by atoms with E-state index in [4.69, 9.17) is 10.5 Å². The van der Waals surface area contributed by atoms with Crippen molar-refractivity contribution in [2.45, 2.75) is 6.04 Å². The topological polar surface area (TPSA) is 84.6 Å². The van der Waals surface area contributed by atoms with Gasteiger partial charge in [0.15, 0.2) is 11.5 Å². The van der Waals surface area contributed by atoms with Gasteiger partial charge in [-0.25, -0.2) is 4.39 Å². The van der Waals surface area contributed by atoms with Crippen LogP contribution in [0.4, 0.5) is 10.1 Å². The smallest absolute Gasteiger partial charge is 0.244 e. The number of benzene rings is 2. The number of aromatic hydroxyl groups is 1. The minimum atomic E-state index is -0.854. The summed E-state index contributed by atoms with van der Waals surface area (Å²) >= 11 is 0. The Kier molecular flexibility index (Phi) is 4.27. The van der Waals surface area contributed by atoms with Gasteiger partial charge in [0.2, 0.25) is 5.91 Å². The molecule has 5 nitrogen and oxygen atoms in total. The van der Waals surface area contributed by atoms with Crippen molar-refractivity contribution in [3.05, 3.63) is 53.8 Å². The van der Waals surface area contributed by atoms with Crippen LogP contribution < -0.4 is 15.8 Å². The number of ether oxygens (including phenoxy) is 1. The number of hydrogen-bond donors (Lipinski definition) is 3. The normalized spacial score (nSPS) is 11.7. The van der Waals surface area contributed by atoms with E-state index in [1.807, 2.05) is 0 Å². The first-order valence-electron chi connectivity index (χ1n) is 6.19. The van der Waals surface area contributed by atoms with E-state index in [1.54, 1.807) is 6.07 Å². The molecule has 0 bridgehead atoms. The molecule has 4 N–H and O–H groups in total. The third kappa shape index (κ3) is 3.42. The Morgan fingerprint density at radius 1 is 1.29 bits per heavy atom. The second-order valence-corrected chi connectivity index (χ2v) is 4.42. The Hall–Kier alpha value is -2.76. The van der Waals surface area contributed by atoms with Crippen LogP contribution in [-0.4, -0.2) is 18.1 Å². The number of methoxy groups -OCH3 is 1. The lowest BCUT2D eigenvalue weighted by atomic mass is 10.1. The highest BCUT2D eigenvalue weighted by Crippen LogP contribution is 2.30. The molecule has 0 aliphatic carbocycles. The van der Waals surface area contributed by atoms with Crippen LogP contribution in [0.15, 0.2) is 42.5 Å². The summed E-state index contributed by atoms with van der Waals surface area (Å²) in [7, 11) is 1.43. The fourth-order valence-corrected chi connectivity index (χ4v) is 1.92. The minimum absolute atomic E-state index is 0.0952. The molecule has 0 saturated heterocycles. The Balaban J connectivity index is 2.28. The monoisotopic (exact) mass is 290 g/mol. The summed E-state index contributed by atoms with van der Waals surface area (Å²) in [5.41, 5.74) is 6.39. The Morgan fingerprint density at radius 2 is 1.95 bits per heavy atom. The maximum absolute atomic E-state index is 12.9. The summed E-state index contributed by atoms with van der Waals surface area (Å²) in [5, 5.41) is 12.7. The average molecular weight is 290 g/mol. The molecular formula is C15H15FN2O3. The number of hydrogen-bond acceptors (Lipinski definition) is 4. The first kappa shape index (κ1) is 14.6. The van der Waals surface area contributed by atoms with E-state index in [9.17, 15) is 14.3 Å². The molecule has 110 valence electrons. The fraction of sp³-hybridized carbons (Fsp3) is 0.133. The van der Waals surface area contributed by atoms with Crippen LogP contribution in [0.5, 0.6) is 11.5 Å². The molecular weight excluding hydrogens is 275 g/mol. The Labute approximate surface area is 121 Å². The Bertz CT molecular complexity index is 644. The van der Waals surface area contributed by atoms with Crippen molar-refractivity contribution in [2.75, 3.05) is 12.4 Å². The number of rotatable bonds is 5. The molecule has 1 atom stereocenters. The van der Waals surface area contributed by atoms with Gasteiger partial charge in [0.05, 0.1) is 7.11 Å². The molecule has 2 aromatic carbocycles. The van der Waals surface area contributed by atoms with Crippen LogP contribution in [0.25, 0.3) is 0 Å². The van der Waals surface area contributed by atoms with E-state index in [0.29, 0.717) is 17.0 Å². The quantitative estimate of drug-likeness (QED) is 0.788. The Morgan fingerprint density at radius 3 is 2.48 bits per heavy atom. The van der Waals surface area contributed by atoms with Gasteiger partial charge in [-0.05, 0) is 42.0 Å². The molecule has 0 saturated carbocycles. The van der Waals surface area contributed by atoms with Crippen LogP contribution in [0.3, 0.4) is 0 Å². The van der Waals surface area contributed by atoms with Gasteiger partial charge in [-0.1, -0.05) is 6.07 Å². The summed E-state index contributed by atoms with van der Waals surface area (Å²) in [5.74, 6) is -0.798. The summed E-state index contributed by atoms with van der Waals surface area (Å²) < 4.78 is 17.8. The lowest BCUT2D eigenvalue weighted by molar-refractivity contribution is -0.118. The molecule has 0 aliphatic rings. The zero-order chi connectivity index (χ0) is 15.4. The molecule has 0 radical (unpaired) electrons. The number of phenolic OH excluding ortho intramolecular Hbond substituents is 1. The van der Waals surface area contributed by atoms with E-state index in [1.165, 1.54) is 43.5 Å². The van der Waals surface area contributed by atoms with Gasteiger partial charge in [-0.15, -0.1) is 0 Å². The maximum Gasteiger partial charge on any atom is 0.244 e. The second kappa shape index (κ2) is 6.13. The van der Waals surface area contributed by atoms with E-state index in [2.05, 4.69) is 5.32 Å². The van der Waals surface area contributed by atoms with Crippen molar-refractivity contribution in [1.29, 1.82) is 0 Å². The van der Waals surface area contributed by atoms with Crippen LogP contribution in [0.1, 0.15) is 11.6 Å². The lowest BCUT2D eigenvalue weighted by Crippen LogP contribution is -2.27. The average Bonchev–Trinajstić information content (AvgIpc) is 2.46. The summed E-state index contributed by atoms with van der Waals surface area (Å²) in [6, 6.07) is 9.22. The summed E-state index contributed by atoms with van der Waals surface area (Å²) in [6.07, 6.45) is 0. The number of nitrogens with two attached hydrogens (primary N) is 1. The van der Waals surface area contributed by atoms with Crippen LogP contribution >= 0.6 is 0 Å². The van der Waals surface area contributed by atoms with Crippen molar-refractivity contribution in [3.8, 4) is 11.5 Å². The van der Waals surface area contributed by atoms with E-state index in [-0.39, 0.29) is 11.6 Å². The van der Waals surface area contributed by atoms with Gasteiger partial charge in [-0.2, -0.15) is 0 Å². The first-order chi connectivity index (χ1) is 10.0. The highest BCUT2D eigenvalue weighted by atomic mass is 19.1. The molecule has 1 amide bonds. The number of carbonyl (C=O) groups excluding carboxylic acids is 1. The third-order valence-corrected chi connectivity index (χ3v) is 2.98. The fourth-order valence-electron chi connectivity index (χ4n) is 1.92. The molecule has 2 aromatic rings. The largest absolute Gasteiger partial charge is 0.504 e. The van der Waals surface area contributed by atoms with Crippen molar-refractivity contribution in [1.82, 2.24) is 0 Å². The summed E-state index contributed by atoms with van der Waals surface area (Å²) in [4.78, 5) is 11.6. The molecule has 0 heterocycles. The zero-order valence-corrected chi connectivity index (χ0v) is 11.3. The minimum Gasteiger partial charge on any atom is -0.504 e. The van der Waals surface area contributed by atoms with Crippen molar-refractivity contribution < 1.29 is 19.0 Å². The number of carbonyl (C=O) groups is 1. The predicted octanol–water partition coefficient (Wildman–Crippen LogP) is 2.18. The summed E-state index contributed by atoms with van der Waals surface area (Å²) in [6.45, 7) is 0. The maximum atomic E-state index is 12.9. The van der Waals surface area contributed by atoms with Gasteiger partial charge < -0.3 is 20.9 Å². The molecule has 1 unspecified atom stereocenters. The van der Waals surface area contributed by atoms with Crippen molar-refractivity contribution in [2.24, 2.45) is 5.73 Å². The number of halogens is 1. The molecule has 21 heavy (non-hydrogen) atoms. The van der Waals surface area contributed by atoms with Crippen LogP contribution in [0.2, 0.25) is 0 Å². The van der Waals surface area contributed by atoms with E-state index < -0.39 is 11.9 Å². The molecule has 0 aromatic heterocycles. The number of phenols is 1. The van der Waals surface area contributed by atoms with Crippen LogP contribution in [0, 0.1) is 5.82 Å². The molecule has 0 spiro atoms. The third-order valence-electron chi connectivity index (χ3n) is 2.98. The standard InChI is InChI=1S/C15H15FN2O3/c1-21-13-7-2-9(8-12(13)19)14(15(17)20)18-11-5-3-10(16)4-6-11/h2-8,14,18-19H,1H3,(H2,17,20). The number of nitrogens with one attached hydrogen (secondary N) is 1. The van der Waals surface area contributed by atoms with Crippen molar-refractivity contribution >= 4 is 11.6 Å². The van der Waals surface area contributed by atoms with Gasteiger partial charge >= 0.3 is 0 Å². The molecule has 0 fully saturated rings. The van der Waals surface area contributed by atoms with E-state index >= 15 is 0 Å². The van der Waals surface area contributed by atoms with Gasteiger partial charge in [0, 0.05) is 5.69 Å². The lowest BCUT2D eigenvalue weighted by Gasteiger charge is -2.18. The SMILES string of the molecule is COc1ccc(C(Nc2ccc(F)cc2)C(N)=O)cc1O. The van der Waals surface area contributed by atoms with E-state index in [0.717, 1.165) is 0 Å². The van der Waals surface area contributed by atoms with Gasteiger partial charge in [0.25, 0.3) is 0 Å². The number of primary amides is 1. The predicted molar refractivity (Wildman–Crippen MR) is 76.6 cm³/mol. The number of anilines is 1. The van der Waals surface area contributed by atoms with Gasteiger partial charge in [-0.3, -0.25) is 4.79 Å².